The van der Waals surface area contributed by atoms with E-state index in [1.165, 1.54) is 5.69 Å². The van der Waals surface area contributed by atoms with Crippen molar-refractivity contribution in [3.05, 3.63) is 17.5 Å². The van der Waals surface area contributed by atoms with E-state index >= 15 is 0 Å². The fraction of sp³-hybridized carbons (Fsp3) is 0.800. The lowest BCUT2D eigenvalue weighted by molar-refractivity contribution is -0.0310. The summed E-state index contributed by atoms with van der Waals surface area (Å²) in [5.41, 5.74) is 2.24. The van der Waals surface area contributed by atoms with Crippen molar-refractivity contribution in [2.75, 3.05) is 33.4 Å². The van der Waals surface area contributed by atoms with Gasteiger partial charge in [-0.25, -0.2) is 0 Å². The fourth-order valence-corrected chi connectivity index (χ4v) is 2.14. The Kier molecular flexibility index (Phi) is 8.52. The molecule has 1 aromatic heterocycles. The molecule has 0 radical (unpaired) electrons. The van der Waals surface area contributed by atoms with E-state index in [0.717, 1.165) is 25.2 Å². The fourth-order valence-electron chi connectivity index (χ4n) is 2.14. The van der Waals surface area contributed by atoms with Crippen LogP contribution >= 0.6 is 0 Å². The Balaban J connectivity index is 2.04. The number of ether oxygens (including phenoxy) is 2. The van der Waals surface area contributed by atoms with Crippen molar-refractivity contribution in [2.24, 2.45) is 0 Å². The van der Waals surface area contributed by atoms with Crippen molar-refractivity contribution >= 4 is 0 Å². The van der Waals surface area contributed by atoms with Crippen molar-refractivity contribution < 1.29 is 14.6 Å². The van der Waals surface area contributed by atoms with Gasteiger partial charge in [0.05, 0.1) is 31.1 Å². The molecule has 21 heavy (non-hydrogen) atoms. The van der Waals surface area contributed by atoms with Gasteiger partial charge < -0.3 is 19.9 Å². The van der Waals surface area contributed by atoms with Crippen LogP contribution in [0.2, 0.25) is 0 Å². The number of aliphatic hydroxyl groups excluding tert-OH is 1. The van der Waals surface area contributed by atoms with Gasteiger partial charge in [0.25, 0.3) is 0 Å². The number of hydrogen-bond donors (Lipinski definition) is 2. The summed E-state index contributed by atoms with van der Waals surface area (Å²) in [6.07, 6.45) is 0.504. The highest BCUT2D eigenvalue weighted by Gasteiger charge is 2.07. The Hall–Kier alpha value is -0.950. The maximum absolute atomic E-state index is 9.78. The first-order chi connectivity index (χ1) is 10.0. The van der Waals surface area contributed by atoms with Crippen molar-refractivity contribution in [3.63, 3.8) is 0 Å². The number of nitrogens with one attached hydrogen (secondary N) is 1. The zero-order chi connectivity index (χ0) is 15.7. The average Bonchev–Trinajstić information content (AvgIpc) is 2.75. The molecule has 6 heteroatoms. The van der Waals surface area contributed by atoms with Gasteiger partial charge in [0.15, 0.2) is 0 Å². The third-order valence-electron chi connectivity index (χ3n) is 3.18. The molecule has 0 aliphatic carbocycles. The van der Waals surface area contributed by atoms with Gasteiger partial charge in [-0.05, 0) is 39.8 Å². The summed E-state index contributed by atoms with van der Waals surface area (Å²) < 4.78 is 12.4. The molecule has 0 amide bonds. The van der Waals surface area contributed by atoms with Crippen LogP contribution in [-0.4, -0.2) is 60.5 Å². The summed E-state index contributed by atoms with van der Waals surface area (Å²) in [4.78, 5) is 0. The normalized spacial score (nSPS) is 14.3. The van der Waals surface area contributed by atoms with Crippen molar-refractivity contribution in [1.29, 1.82) is 0 Å². The number of hydrogen-bond acceptors (Lipinski definition) is 5. The second-order valence-electron chi connectivity index (χ2n) is 5.46. The highest BCUT2D eigenvalue weighted by Crippen LogP contribution is 2.02. The van der Waals surface area contributed by atoms with Crippen molar-refractivity contribution in [1.82, 2.24) is 15.1 Å². The first-order valence-corrected chi connectivity index (χ1v) is 7.53. The maximum Gasteiger partial charge on any atom is 0.0897 e. The summed E-state index contributed by atoms with van der Waals surface area (Å²) >= 11 is 0. The molecule has 2 N–H and O–H groups in total. The van der Waals surface area contributed by atoms with E-state index in [1.54, 1.807) is 7.11 Å². The maximum atomic E-state index is 9.78. The van der Waals surface area contributed by atoms with Gasteiger partial charge in [-0.2, -0.15) is 5.10 Å². The van der Waals surface area contributed by atoms with Crippen LogP contribution in [0.4, 0.5) is 0 Å². The van der Waals surface area contributed by atoms with Crippen molar-refractivity contribution in [3.8, 4) is 0 Å². The van der Waals surface area contributed by atoms with Gasteiger partial charge >= 0.3 is 0 Å². The first-order valence-electron chi connectivity index (χ1n) is 7.53. The molecule has 0 aliphatic heterocycles. The molecule has 2 atom stereocenters. The lowest BCUT2D eigenvalue weighted by Gasteiger charge is -2.16. The average molecular weight is 299 g/mol. The zero-order valence-corrected chi connectivity index (χ0v) is 13.6. The minimum atomic E-state index is -0.488. The number of aryl methyl sites for hydroxylation is 3. The first kappa shape index (κ1) is 18.1. The standard InChI is InChI=1S/C15H29N3O3/c1-12-8-13(2)18(17-12)7-5-6-16-9-15(19)11-21-14(3)10-20-4/h8,14-16,19H,5-7,9-11H2,1-4H3. The Bertz CT molecular complexity index is 396. The number of methoxy groups -OCH3 is 1. The van der Waals surface area contributed by atoms with Crippen molar-refractivity contribution in [2.45, 2.75) is 45.9 Å². The monoisotopic (exact) mass is 299 g/mol. The van der Waals surface area contributed by atoms with Gasteiger partial charge in [-0.3, -0.25) is 4.68 Å². The Labute approximate surface area is 127 Å². The third kappa shape index (κ3) is 7.57. The van der Waals surface area contributed by atoms with E-state index in [9.17, 15) is 5.11 Å². The van der Waals surface area contributed by atoms with Gasteiger partial charge in [-0.15, -0.1) is 0 Å². The number of aliphatic hydroxyl groups is 1. The molecule has 0 fully saturated rings. The summed E-state index contributed by atoms with van der Waals surface area (Å²) in [7, 11) is 1.64. The zero-order valence-electron chi connectivity index (χ0n) is 13.6. The molecule has 0 spiro atoms. The Morgan fingerprint density at radius 1 is 1.38 bits per heavy atom. The summed E-state index contributed by atoms with van der Waals surface area (Å²) in [5, 5.41) is 17.4. The molecule has 1 aromatic rings. The second kappa shape index (κ2) is 9.89. The topological polar surface area (TPSA) is 68.5 Å². The SMILES string of the molecule is COCC(C)OCC(O)CNCCCn1nc(C)cc1C. The van der Waals surface area contributed by atoms with E-state index in [1.807, 2.05) is 18.5 Å². The quantitative estimate of drug-likeness (QED) is 0.594. The smallest absolute Gasteiger partial charge is 0.0897 e. The molecule has 2 unspecified atom stereocenters. The van der Waals surface area contributed by atoms with Crippen LogP contribution in [-0.2, 0) is 16.0 Å². The van der Waals surface area contributed by atoms with E-state index in [0.29, 0.717) is 19.8 Å². The molecule has 0 saturated heterocycles. The molecule has 0 aromatic carbocycles. The molecule has 0 bridgehead atoms. The van der Waals surface area contributed by atoms with Gasteiger partial charge in [0, 0.05) is 25.9 Å². The van der Waals surface area contributed by atoms with Crippen LogP contribution in [0.3, 0.4) is 0 Å². The van der Waals surface area contributed by atoms with Crippen LogP contribution in [0, 0.1) is 13.8 Å². The Morgan fingerprint density at radius 2 is 2.14 bits per heavy atom. The molecular formula is C15H29N3O3. The molecule has 0 saturated carbocycles. The number of rotatable bonds is 11. The van der Waals surface area contributed by atoms with E-state index < -0.39 is 6.10 Å². The molecular weight excluding hydrogens is 270 g/mol. The minimum absolute atomic E-state index is 0.00989. The van der Waals surface area contributed by atoms with E-state index in [4.69, 9.17) is 9.47 Å². The summed E-state index contributed by atoms with van der Waals surface area (Å²) in [6.45, 7) is 9.15. The highest BCUT2D eigenvalue weighted by atomic mass is 16.5. The largest absolute Gasteiger partial charge is 0.389 e. The number of aromatic nitrogens is 2. The van der Waals surface area contributed by atoms with Crippen LogP contribution in [0.5, 0.6) is 0 Å². The van der Waals surface area contributed by atoms with Gasteiger partial charge in [0.2, 0.25) is 0 Å². The molecule has 0 aliphatic rings. The van der Waals surface area contributed by atoms with E-state index in [2.05, 4.69) is 23.4 Å². The summed E-state index contributed by atoms with van der Waals surface area (Å²) in [5.74, 6) is 0. The Morgan fingerprint density at radius 3 is 2.76 bits per heavy atom. The predicted molar refractivity (Wildman–Crippen MR) is 82.5 cm³/mol. The third-order valence-corrected chi connectivity index (χ3v) is 3.18. The van der Waals surface area contributed by atoms with E-state index in [-0.39, 0.29) is 6.10 Å². The molecule has 1 heterocycles. The second-order valence-corrected chi connectivity index (χ2v) is 5.46. The van der Waals surface area contributed by atoms with Gasteiger partial charge in [0.1, 0.15) is 0 Å². The lowest BCUT2D eigenvalue weighted by Crippen LogP contribution is -2.33. The van der Waals surface area contributed by atoms with Gasteiger partial charge in [-0.1, -0.05) is 0 Å². The van der Waals surface area contributed by atoms with Crippen LogP contribution < -0.4 is 5.32 Å². The van der Waals surface area contributed by atoms with Crippen LogP contribution in [0.1, 0.15) is 24.7 Å². The molecule has 1 rings (SSSR count). The lowest BCUT2D eigenvalue weighted by atomic mass is 10.3. The van der Waals surface area contributed by atoms with Crippen LogP contribution in [0.15, 0.2) is 6.07 Å². The molecule has 122 valence electrons. The molecule has 6 nitrogen and oxygen atoms in total. The number of nitrogens with zero attached hydrogens (tertiary/aromatic N) is 2. The highest BCUT2D eigenvalue weighted by molar-refractivity contribution is 5.06. The summed E-state index contributed by atoms with van der Waals surface area (Å²) in [6, 6.07) is 2.08. The predicted octanol–water partition coefficient (Wildman–Crippen LogP) is 0.892. The van der Waals surface area contributed by atoms with Crippen LogP contribution in [0.25, 0.3) is 0 Å². The minimum Gasteiger partial charge on any atom is -0.389 e.